The van der Waals surface area contributed by atoms with Crippen molar-refractivity contribution in [3.8, 4) is 0 Å². The van der Waals surface area contributed by atoms with Crippen molar-refractivity contribution in [3.05, 3.63) is 30.1 Å². The number of H-pyrrole nitrogens is 1. The molecule has 0 bridgehead atoms. The van der Waals surface area contributed by atoms with E-state index in [1.165, 1.54) is 0 Å². The van der Waals surface area contributed by atoms with Crippen LogP contribution in [0.4, 0.5) is 0 Å². The molecule has 2 aromatic rings. The van der Waals surface area contributed by atoms with Crippen LogP contribution in [0.15, 0.2) is 18.7 Å². The number of nitrogens with zero attached hydrogens (tertiary/aromatic N) is 4. The van der Waals surface area contributed by atoms with Crippen LogP contribution in [0.1, 0.15) is 11.4 Å². The van der Waals surface area contributed by atoms with Crippen LogP contribution in [0, 0.1) is 6.92 Å². The van der Waals surface area contributed by atoms with Crippen LogP contribution in [0.5, 0.6) is 0 Å². The zero-order valence-electron chi connectivity index (χ0n) is 6.73. The first kappa shape index (κ1) is 7.02. The summed E-state index contributed by atoms with van der Waals surface area (Å²) in [6.45, 7) is 2.58. The van der Waals surface area contributed by atoms with Gasteiger partial charge in [-0.05, 0) is 6.92 Å². The molecule has 2 aromatic heterocycles. The summed E-state index contributed by atoms with van der Waals surface area (Å²) < 4.78 is 1.76. The van der Waals surface area contributed by atoms with Crippen LogP contribution < -0.4 is 0 Å². The van der Waals surface area contributed by atoms with E-state index in [1.54, 1.807) is 11.0 Å². The SMILES string of the molecule is Cc1cn(Cc2c[nH]cn2)nn1. The van der Waals surface area contributed by atoms with Crippen molar-refractivity contribution in [1.82, 2.24) is 25.0 Å². The van der Waals surface area contributed by atoms with E-state index in [9.17, 15) is 0 Å². The third-order valence-electron chi connectivity index (χ3n) is 1.53. The summed E-state index contributed by atoms with van der Waals surface area (Å²) in [6.07, 6.45) is 5.38. The van der Waals surface area contributed by atoms with Gasteiger partial charge < -0.3 is 4.98 Å². The molecule has 0 aliphatic heterocycles. The van der Waals surface area contributed by atoms with Crippen molar-refractivity contribution in [1.29, 1.82) is 0 Å². The van der Waals surface area contributed by atoms with Crippen LogP contribution in [-0.4, -0.2) is 25.0 Å². The summed E-state index contributed by atoms with van der Waals surface area (Å²) in [5.41, 5.74) is 1.88. The number of aromatic amines is 1. The number of imidazole rings is 1. The first-order chi connectivity index (χ1) is 5.84. The molecule has 5 heteroatoms. The number of aryl methyl sites for hydroxylation is 1. The Labute approximate surface area is 69.4 Å². The second-order valence-electron chi connectivity index (χ2n) is 2.62. The average molecular weight is 163 g/mol. The standard InChI is InChI=1S/C7H9N5/c1-6-3-12(11-10-6)4-7-2-8-5-9-7/h2-3,5H,4H2,1H3,(H,8,9). The van der Waals surface area contributed by atoms with E-state index in [1.807, 2.05) is 19.3 Å². The molecule has 0 aliphatic rings. The van der Waals surface area contributed by atoms with Crippen LogP contribution in [0.3, 0.4) is 0 Å². The molecule has 0 aliphatic carbocycles. The molecule has 2 rings (SSSR count). The van der Waals surface area contributed by atoms with E-state index in [2.05, 4.69) is 20.3 Å². The van der Waals surface area contributed by atoms with Crippen molar-refractivity contribution in [2.45, 2.75) is 13.5 Å². The summed E-state index contributed by atoms with van der Waals surface area (Å²) in [4.78, 5) is 6.96. The van der Waals surface area contributed by atoms with Crippen LogP contribution in [0.2, 0.25) is 0 Å². The third kappa shape index (κ3) is 1.34. The monoisotopic (exact) mass is 163 g/mol. The highest BCUT2D eigenvalue weighted by Crippen LogP contribution is 1.96. The van der Waals surface area contributed by atoms with E-state index in [4.69, 9.17) is 0 Å². The molecule has 12 heavy (non-hydrogen) atoms. The summed E-state index contributed by atoms with van der Waals surface area (Å²) in [5, 5.41) is 7.78. The second-order valence-corrected chi connectivity index (χ2v) is 2.62. The van der Waals surface area contributed by atoms with E-state index in [0.29, 0.717) is 6.54 Å². The minimum atomic E-state index is 0.671. The van der Waals surface area contributed by atoms with E-state index >= 15 is 0 Å². The van der Waals surface area contributed by atoms with E-state index in [-0.39, 0.29) is 0 Å². The fourth-order valence-electron chi connectivity index (χ4n) is 1.02. The highest BCUT2D eigenvalue weighted by atomic mass is 15.4. The highest BCUT2D eigenvalue weighted by Gasteiger charge is 1.98. The highest BCUT2D eigenvalue weighted by molar-refractivity contribution is 4.96. The molecular formula is C7H9N5. The quantitative estimate of drug-likeness (QED) is 0.695. The van der Waals surface area contributed by atoms with Crippen molar-refractivity contribution in [2.24, 2.45) is 0 Å². The minimum Gasteiger partial charge on any atom is -0.351 e. The van der Waals surface area contributed by atoms with E-state index in [0.717, 1.165) is 11.4 Å². The summed E-state index contributed by atoms with van der Waals surface area (Å²) >= 11 is 0. The number of nitrogens with one attached hydrogen (secondary N) is 1. The molecule has 0 radical (unpaired) electrons. The third-order valence-corrected chi connectivity index (χ3v) is 1.53. The van der Waals surface area contributed by atoms with Crippen molar-refractivity contribution in [2.75, 3.05) is 0 Å². The zero-order valence-corrected chi connectivity index (χ0v) is 6.73. The van der Waals surface area contributed by atoms with Crippen LogP contribution in [0.25, 0.3) is 0 Å². The first-order valence-electron chi connectivity index (χ1n) is 3.69. The van der Waals surface area contributed by atoms with Gasteiger partial charge in [-0.3, -0.25) is 0 Å². The smallest absolute Gasteiger partial charge is 0.0923 e. The van der Waals surface area contributed by atoms with Gasteiger partial charge in [0, 0.05) is 12.4 Å². The predicted molar refractivity (Wildman–Crippen MR) is 42.4 cm³/mol. The second kappa shape index (κ2) is 2.77. The normalized spacial score (nSPS) is 10.4. The predicted octanol–water partition coefficient (Wildman–Crippen LogP) is 0.358. The number of aromatic nitrogens is 5. The topological polar surface area (TPSA) is 59.4 Å². The molecule has 5 nitrogen and oxygen atoms in total. The lowest BCUT2D eigenvalue weighted by Gasteiger charge is -1.93. The Morgan fingerprint density at radius 1 is 1.58 bits per heavy atom. The molecule has 0 unspecified atom stereocenters. The van der Waals surface area contributed by atoms with E-state index < -0.39 is 0 Å². The van der Waals surface area contributed by atoms with Gasteiger partial charge in [0.15, 0.2) is 0 Å². The molecule has 0 spiro atoms. The molecule has 0 amide bonds. The fourth-order valence-corrected chi connectivity index (χ4v) is 1.02. The number of hydrogen-bond acceptors (Lipinski definition) is 3. The number of hydrogen-bond donors (Lipinski definition) is 1. The van der Waals surface area contributed by atoms with Gasteiger partial charge in [-0.15, -0.1) is 5.10 Å². The first-order valence-corrected chi connectivity index (χ1v) is 3.69. The van der Waals surface area contributed by atoms with Gasteiger partial charge in [0.1, 0.15) is 0 Å². The lowest BCUT2D eigenvalue weighted by molar-refractivity contribution is 0.640. The Morgan fingerprint density at radius 2 is 2.50 bits per heavy atom. The average Bonchev–Trinajstić information content (AvgIpc) is 2.63. The summed E-state index contributed by atoms with van der Waals surface area (Å²) in [7, 11) is 0. The van der Waals surface area contributed by atoms with Crippen molar-refractivity contribution < 1.29 is 0 Å². The molecule has 0 saturated carbocycles. The summed E-state index contributed by atoms with van der Waals surface area (Å²) in [6, 6.07) is 0. The largest absolute Gasteiger partial charge is 0.351 e. The Hall–Kier alpha value is -1.65. The molecule has 0 fully saturated rings. The lowest BCUT2D eigenvalue weighted by atomic mass is 10.5. The van der Waals surface area contributed by atoms with Gasteiger partial charge in [-0.25, -0.2) is 9.67 Å². The fraction of sp³-hybridized carbons (Fsp3) is 0.286. The van der Waals surface area contributed by atoms with Crippen molar-refractivity contribution in [3.63, 3.8) is 0 Å². The van der Waals surface area contributed by atoms with Gasteiger partial charge in [-0.1, -0.05) is 5.21 Å². The Kier molecular flexibility index (Phi) is 1.62. The van der Waals surface area contributed by atoms with Crippen LogP contribution in [-0.2, 0) is 6.54 Å². The van der Waals surface area contributed by atoms with Crippen LogP contribution >= 0.6 is 0 Å². The molecule has 0 saturated heterocycles. The molecule has 1 N–H and O–H groups in total. The number of rotatable bonds is 2. The van der Waals surface area contributed by atoms with Gasteiger partial charge >= 0.3 is 0 Å². The van der Waals surface area contributed by atoms with Gasteiger partial charge in [0.2, 0.25) is 0 Å². The van der Waals surface area contributed by atoms with Gasteiger partial charge in [0.05, 0.1) is 24.3 Å². The zero-order chi connectivity index (χ0) is 8.39. The molecule has 2 heterocycles. The maximum atomic E-state index is 4.08. The molecule has 62 valence electrons. The van der Waals surface area contributed by atoms with Crippen molar-refractivity contribution >= 4 is 0 Å². The maximum Gasteiger partial charge on any atom is 0.0923 e. The molecule has 0 atom stereocenters. The molecule has 0 aromatic carbocycles. The lowest BCUT2D eigenvalue weighted by Crippen LogP contribution is -2.00. The Balaban J connectivity index is 2.14. The van der Waals surface area contributed by atoms with Gasteiger partial charge in [0.25, 0.3) is 0 Å². The Bertz CT molecular complexity index is 348. The summed E-state index contributed by atoms with van der Waals surface area (Å²) in [5.74, 6) is 0. The molecular weight excluding hydrogens is 154 g/mol. The Morgan fingerprint density at radius 3 is 3.08 bits per heavy atom. The minimum absolute atomic E-state index is 0.671. The maximum absolute atomic E-state index is 4.08. The van der Waals surface area contributed by atoms with Gasteiger partial charge in [-0.2, -0.15) is 0 Å².